The van der Waals surface area contributed by atoms with Crippen molar-refractivity contribution < 1.29 is 0 Å². The van der Waals surface area contributed by atoms with E-state index in [9.17, 15) is 0 Å². The monoisotopic (exact) mass is 228 g/mol. The van der Waals surface area contributed by atoms with Crippen molar-refractivity contribution in [1.29, 1.82) is 0 Å². The summed E-state index contributed by atoms with van der Waals surface area (Å²) in [5.74, 6) is 2.58. The van der Waals surface area contributed by atoms with Crippen molar-refractivity contribution in [3.8, 4) is 0 Å². The highest BCUT2D eigenvalue weighted by Gasteiger charge is 2.32. The van der Waals surface area contributed by atoms with Gasteiger partial charge in [0.1, 0.15) is 0 Å². The third-order valence-electron chi connectivity index (χ3n) is 3.96. The van der Waals surface area contributed by atoms with Crippen molar-refractivity contribution in [3.63, 3.8) is 0 Å². The molecule has 1 saturated carbocycles. The molecule has 3 heteroatoms. The van der Waals surface area contributed by atoms with Gasteiger partial charge in [0.05, 0.1) is 0 Å². The van der Waals surface area contributed by atoms with Gasteiger partial charge in [-0.15, -0.1) is 0 Å². The molecule has 2 aliphatic rings. The molecule has 1 saturated heterocycles. The van der Waals surface area contributed by atoms with Crippen molar-refractivity contribution in [1.82, 2.24) is 5.32 Å². The first-order valence-electron chi connectivity index (χ1n) is 6.40. The van der Waals surface area contributed by atoms with Crippen LogP contribution in [0.1, 0.15) is 44.9 Å². The highest BCUT2D eigenvalue weighted by Crippen LogP contribution is 2.29. The first-order valence-corrected chi connectivity index (χ1v) is 7.56. The van der Waals surface area contributed by atoms with Gasteiger partial charge in [-0.1, -0.05) is 19.3 Å². The normalized spacial score (nSPS) is 27.8. The maximum atomic E-state index is 5.98. The maximum absolute atomic E-state index is 5.98. The molecule has 0 bridgehead atoms. The Kier molecular flexibility index (Phi) is 4.35. The topological polar surface area (TPSA) is 38.0 Å². The summed E-state index contributed by atoms with van der Waals surface area (Å²) in [4.78, 5) is 0. The number of rotatable bonds is 3. The number of hydrogen-bond acceptors (Lipinski definition) is 3. The molecule has 0 atom stereocenters. The highest BCUT2D eigenvalue weighted by atomic mass is 32.2. The van der Waals surface area contributed by atoms with Crippen LogP contribution in [0.3, 0.4) is 0 Å². The molecule has 15 heavy (non-hydrogen) atoms. The van der Waals surface area contributed by atoms with E-state index in [1.165, 1.54) is 56.5 Å². The molecule has 1 heterocycles. The average Bonchev–Trinajstić information content (AvgIpc) is 2.32. The van der Waals surface area contributed by atoms with Gasteiger partial charge < -0.3 is 11.1 Å². The van der Waals surface area contributed by atoms with Gasteiger partial charge in [0, 0.05) is 18.1 Å². The molecule has 1 aliphatic carbocycles. The van der Waals surface area contributed by atoms with E-state index >= 15 is 0 Å². The van der Waals surface area contributed by atoms with E-state index in [0.29, 0.717) is 0 Å². The zero-order valence-corrected chi connectivity index (χ0v) is 10.5. The minimum Gasteiger partial charge on any atom is -0.329 e. The van der Waals surface area contributed by atoms with Crippen LogP contribution in [-0.2, 0) is 0 Å². The molecule has 0 aromatic rings. The van der Waals surface area contributed by atoms with E-state index in [4.69, 9.17) is 5.73 Å². The van der Waals surface area contributed by atoms with Gasteiger partial charge in [-0.3, -0.25) is 0 Å². The molecule has 2 rings (SSSR count). The van der Waals surface area contributed by atoms with Crippen LogP contribution in [0, 0.1) is 0 Å². The first-order chi connectivity index (χ1) is 7.35. The van der Waals surface area contributed by atoms with Crippen LogP contribution in [0.5, 0.6) is 0 Å². The van der Waals surface area contributed by atoms with Crippen molar-refractivity contribution in [2.24, 2.45) is 5.73 Å². The summed E-state index contributed by atoms with van der Waals surface area (Å²) < 4.78 is 0. The van der Waals surface area contributed by atoms with Crippen LogP contribution in [0.4, 0.5) is 0 Å². The summed E-state index contributed by atoms with van der Waals surface area (Å²) in [6.45, 7) is 0.823. The van der Waals surface area contributed by atoms with E-state index in [1.54, 1.807) is 0 Å². The first kappa shape index (κ1) is 11.7. The van der Waals surface area contributed by atoms with Crippen LogP contribution in [0.2, 0.25) is 0 Å². The molecule has 1 aliphatic heterocycles. The number of nitrogens with two attached hydrogens (primary N) is 1. The molecule has 0 aromatic heterocycles. The van der Waals surface area contributed by atoms with Gasteiger partial charge >= 0.3 is 0 Å². The molecular formula is C12H24N2S. The Morgan fingerprint density at radius 2 is 1.80 bits per heavy atom. The lowest BCUT2D eigenvalue weighted by Crippen LogP contribution is -2.57. The van der Waals surface area contributed by atoms with Crippen LogP contribution >= 0.6 is 11.8 Å². The van der Waals surface area contributed by atoms with Crippen molar-refractivity contribution >= 4 is 11.8 Å². The quantitative estimate of drug-likeness (QED) is 0.777. The van der Waals surface area contributed by atoms with E-state index in [1.807, 2.05) is 0 Å². The Labute approximate surface area is 97.8 Å². The zero-order valence-electron chi connectivity index (χ0n) is 9.63. The summed E-state index contributed by atoms with van der Waals surface area (Å²) in [6.07, 6.45) is 9.53. The number of thioether (sulfide) groups is 1. The fourth-order valence-electron chi connectivity index (χ4n) is 2.85. The Hall–Kier alpha value is 0.270. The second kappa shape index (κ2) is 5.55. The highest BCUT2D eigenvalue weighted by molar-refractivity contribution is 7.99. The largest absolute Gasteiger partial charge is 0.329 e. The zero-order chi connectivity index (χ0) is 10.6. The molecule has 3 N–H and O–H groups in total. The number of hydrogen-bond donors (Lipinski definition) is 2. The Balaban J connectivity index is 1.87. The predicted octanol–water partition coefficient (Wildman–Crippen LogP) is 2.13. The third kappa shape index (κ3) is 3.11. The second-order valence-corrected chi connectivity index (χ2v) is 6.30. The summed E-state index contributed by atoms with van der Waals surface area (Å²) in [5, 5.41) is 3.88. The van der Waals surface area contributed by atoms with Crippen LogP contribution in [0.25, 0.3) is 0 Å². The summed E-state index contributed by atoms with van der Waals surface area (Å²) >= 11 is 2.08. The predicted molar refractivity (Wildman–Crippen MR) is 68.4 cm³/mol. The fraction of sp³-hybridized carbons (Fsp3) is 1.00. The van der Waals surface area contributed by atoms with Crippen LogP contribution in [-0.4, -0.2) is 29.6 Å². The lowest BCUT2D eigenvalue weighted by molar-refractivity contribution is 0.237. The third-order valence-corrected chi connectivity index (χ3v) is 4.94. The van der Waals surface area contributed by atoms with Crippen molar-refractivity contribution in [2.45, 2.75) is 56.5 Å². The average molecular weight is 228 g/mol. The fourth-order valence-corrected chi connectivity index (χ4v) is 4.12. The SMILES string of the molecule is NCC1(NC2CCCCC2)CCSCC1. The smallest absolute Gasteiger partial charge is 0.0322 e. The second-order valence-electron chi connectivity index (χ2n) is 5.08. The molecule has 2 fully saturated rings. The maximum Gasteiger partial charge on any atom is 0.0322 e. The van der Waals surface area contributed by atoms with Gasteiger partial charge in [-0.2, -0.15) is 11.8 Å². The summed E-state index contributed by atoms with van der Waals surface area (Å²) in [7, 11) is 0. The molecule has 2 nitrogen and oxygen atoms in total. The Morgan fingerprint density at radius 3 is 2.40 bits per heavy atom. The molecular weight excluding hydrogens is 204 g/mol. The van der Waals surface area contributed by atoms with E-state index in [-0.39, 0.29) is 5.54 Å². The van der Waals surface area contributed by atoms with Gasteiger partial charge in [-0.05, 0) is 37.2 Å². The van der Waals surface area contributed by atoms with Crippen LogP contribution in [0.15, 0.2) is 0 Å². The van der Waals surface area contributed by atoms with Crippen molar-refractivity contribution in [3.05, 3.63) is 0 Å². The van der Waals surface area contributed by atoms with Gasteiger partial charge in [-0.25, -0.2) is 0 Å². The molecule has 0 amide bonds. The lowest BCUT2D eigenvalue weighted by atomic mass is 9.87. The van der Waals surface area contributed by atoms with Gasteiger partial charge in [0.25, 0.3) is 0 Å². The molecule has 0 radical (unpaired) electrons. The molecule has 88 valence electrons. The van der Waals surface area contributed by atoms with E-state index in [2.05, 4.69) is 17.1 Å². The molecule has 0 spiro atoms. The van der Waals surface area contributed by atoms with Crippen molar-refractivity contribution in [2.75, 3.05) is 18.1 Å². The van der Waals surface area contributed by atoms with Gasteiger partial charge in [0.2, 0.25) is 0 Å². The Bertz CT molecular complexity index is 184. The van der Waals surface area contributed by atoms with Crippen LogP contribution < -0.4 is 11.1 Å². The minimum atomic E-state index is 0.285. The Morgan fingerprint density at radius 1 is 1.13 bits per heavy atom. The minimum absolute atomic E-state index is 0.285. The molecule has 0 unspecified atom stereocenters. The van der Waals surface area contributed by atoms with Gasteiger partial charge in [0.15, 0.2) is 0 Å². The molecule has 0 aromatic carbocycles. The lowest BCUT2D eigenvalue weighted by Gasteiger charge is -2.41. The number of nitrogens with one attached hydrogen (secondary N) is 1. The summed E-state index contributed by atoms with van der Waals surface area (Å²) in [5.41, 5.74) is 6.27. The summed E-state index contributed by atoms with van der Waals surface area (Å²) in [6, 6.07) is 0.755. The standard InChI is InChI=1S/C12H24N2S/c13-10-12(6-8-15-9-7-12)14-11-4-2-1-3-5-11/h11,14H,1-10,13H2. The van der Waals surface area contributed by atoms with E-state index < -0.39 is 0 Å². The van der Waals surface area contributed by atoms with E-state index in [0.717, 1.165) is 12.6 Å².